The van der Waals surface area contributed by atoms with Crippen molar-refractivity contribution in [3.8, 4) is 11.3 Å². The molecule has 0 radical (unpaired) electrons. The third-order valence-electron chi connectivity index (χ3n) is 11.9. The maximum atomic E-state index is 13.3. The van der Waals surface area contributed by atoms with Gasteiger partial charge in [0.1, 0.15) is 5.60 Å². The van der Waals surface area contributed by atoms with E-state index in [4.69, 9.17) is 9.15 Å². The van der Waals surface area contributed by atoms with Crippen molar-refractivity contribution in [1.29, 1.82) is 0 Å². The van der Waals surface area contributed by atoms with E-state index < -0.39 is 25.6 Å². The van der Waals surface area contributed by atoms with E-state index >= 15 is 0 Å². The van der Waals surface area contributed by atoms with Gasteiger partial charge in [-0.1, -0.05) is 51.1 Å². The van der Waals surface area contributed by atoms with Crippen molar-refractivity contribution in [2.45, 2.75) is 87.5 Å². The van der Waals surface area contributed by atoms with E-state index in [0.717, 1.165) is 59.4 Å². The topological polar surface area (TPSA) is 135 Å². The van der Waals surface area contributed by atoms with Gasteiger partial charge < -0.3 is 19.0 Å². The summed E-state index contributed by atoms with van der Waals surface area (Å²) in [5.74, 6) is 1.74. The van der Waals surface area contributed by atoms with Crippen LogP contribution in [0.25, 0.3) is 22.2 Å². The number of nitrogens with zero attached hydrogens (tertiary/aromatic N) is 5. The van der Waals surface area contributed by atoms with Gasteiger partial charge in [0.05, 0.1) is 27.2 Å². The number of rotatable bonds is 10. The fraction of sp³-hybridized carbons (Fsp3) is 0.375. The SMILES string of the molecule is CC(C)c1ccc(S(=O)(=O)n2ccc3cc(C4CN(C(=O)OC(C)(C)C)C4)ccc32)cc1.CCCN1CC(c2ccc3c(c2)CCN3S(=O)(=O)c2ccc(-c3cnco3)cc2)C1. The number of oxazole rings is 1. The number of benzene rings is 4. The lowest BCUT2D eigenvalue weighted by molar-refractivity contribution is 0.00819. The first kappa shape index (κ1) is 43.2. The van der Waals surface area contributed by atoms with Crippen molar-refractivity contribution in [1.82, 2.24) is 18.8 Å². The van der Waals surface area contributed by atoms with Crippen LogP contribution in [0, 0.1) is 0 Å². The Morgan fingerprint density at radius 2 is 1.47 bits per heavy atom. The van der Waals surface area contributed by atoms with E-state index in [1.54, 1.807) is 58.0 Å². The Bertz CT molecular complexity index is 2760. The smallest absolute Gasteiger partial charge is 0.410 e. The molecule has 3 aliphatic rings. The zero-order valence-electron chi connectivity index (χ0n) is 36.2. The van der Waals surface area contributed by atoms with Crippen molar-refractivity contribution in [3.63, 3.8) is 0 Å². The van der Waals surface area contributed by atoms with Gasteiger partial charge in [0, 0.05) is 61.7 Å². The van der Waals surface area contributed by atoms with E-state index in [-0.39, 0.29) is 21.8 Å². The second-order valence-electron chi connectivity index (χ2n) is 17.8. The number of carbonyl (C=O) groups excluding carboxylic acids is 1. The highest BCUT2D eigenvalue weighted by Gasteiger charge is 2.36. The molecule has 2 saturated heterocycles. The lowest BCUT2D eigenvalue weighted by Crippen LogP contribution is -2.50. The number of fused-ring (bicyclic) bond motifs is 2. The molecule has 3 aliphatic heterocycles. The maximum absolute atomic E-state index is 13.3. The average molecular weight is 878 g/mol. The number of hydrogen-bond acceptors (Lipinski definition) is 9. The molecule has 2 fully saturated rings. The van der Waals surface area contributed by atoms with Crippen LogP contribution in [-0.2, 0) is 31.2 Å². The van der Waals surface area contributed by atoms with Crippen LogP contribution in [0.15, 0.2) is 124 Å². The molecule has 9 rings (SSSR count). The third-order valence-corrected chi connectivity index (χ3v) is 15.4. The molecule has 6 aromatic rings. The van der Waals surface area contributed by atoms with Crippen LogP contribution in [0.3, 0.4) is 0 Å². The van der Waals surface area contributed by atoms with Gasteiger partial charge in [-0.15, -0.1) is 0 Å². The Hall–Kier alpha value is -5.44. The zero-order chi connectivity index (χ0) is 44.0. The Kier molecular flexibility index (Phi) is 11.9. The Balaban J connectivity index is 0.000000171. The van der Waals surface area contributed by atoms with E-state index in [1.165, 1.54) is 22.4 Å². The molecule has 0 N–H and O–H groups in total. The van der Waals surface area contributed by atoms with E-state index in [2.05, 4.69) is 42.8 Å². The molecule has 62 heavy (non-hydrogen) atoms. The fourth-order valence-corrected chi connectivity index (χ4v) is 11.2. The van der Waals surface area contributed by atoms with Gasteiger partial charge in [0.25, 0.3) is 20.0 Å². The predicted molar refractivity (Wildman–Crippen MR) is 242 cm³/mol. The zero-order valence-corrected chi connectivity index (χ0v) is 37.8. The lowest BCUT2D eigenvalue weighted by Gasteiger charge is -2.40. The first-order valence-corrected chi connectivity index (χ1v) is 24.2. The van der Waals surface area contributed by atoms with Crippen molar-refractivity contribution in [2.75, 3.05) is 43.6 Å². The van der Waals surface area contributed by atoms with Crippen molar-refractivity contribution >= 4 is 42.7 Å². The van der Waals surface area contributed by atoms with Gasteiger partial charge in [-0.25, -0.2) is 30.6 Å². The summed E-state index contributed by atoms with van der Waals surface area (Å²) in [5, 5.41) is 0.862. The summed E-state index contributed by atoms with van der Waals surface area (Å²) in [6, 6.07) is 27.8. The first-order chi connectivity index (χ1) is 29.5. The van der Waals surface area contributed by atoms with Gasteiger partial charge >= 0.3 is 6.09 Å². The minimum Gasteiger partial charge on any atom is -0.444 e. The Morgan fingerprint density at radius 3 is 2.11 bits per heavy atom. The largest absolute Gasteiger partial charge is 0.444 e. The molecule has 1 amide bonds. The van der Waals surface area contributed by atoms with Crippen LogP contribution in [0.4, 0.5) is 10.5 Å². The molecule has 4 aromatic carbocycles. The van der Waals surface area contributed by atoms with Crippen LogP contribution < -0.4 is 4.31 Å². The summed E-state index contributed by atoms with van der Waals surface area (Å²) < 4.78 is 66.6. The molecule has 0 bridgehead atoms. The summed E-state index contributed by atoms with van der Waals surface area (Å²) >= 11 is 0. The van der Waals surface area contributed by atoms with E-state index in [1.807, 2.05) is 63.2 Å². The molecule has 2 aromatic heterocycles. The number of carbonyl (C=O) groups is 1. The van der Waals surface area contributed by atoms with Crippen LogP contribution in [-0.4, -0.2) is 86.6 Å². The second-order valence-corrected chi connectivity index (χ2v) is 21.5. The van der Waals surface area contributed by atoms with Crippen LogP contribution >= 0.6 is 0 Å². The number of amides is 1. The second kappa shape index (κ2) is 17.0. The highest BCUT2D eigenvalue weighted by atomic mass is 32.2. The van der Waals surface area contributed by atoms with Gasteiger partial charge in [0.15, 0.2) is 12.2 Å². The number of sulfonamides is 1. The highest BCUT2D eigenvalue weighted by molar-refractivity contribution is 7.92. The summed E-state index contributed by atoms with van der Waals surface area (Å²) in [6.45, 7) is 17.0. The fourth-order valence-electron chi connectivity index (χ4n) is 8.35. The third kappa shape index (κ3) is 8.77. The molecular formula is C48H55N5O7S2. The molecular weight excluding hydrogens is 823 g/mol. The number of aromatic nitrogens is 2. The quantitative estimate of drug-likeness (QED) is 0.132. The first-order valence-electron chi connectivity index (χ1n) is 21.3. The average Bonchev–Trinajstić information content (AvgIpc) is 3.99. The van der Waals surface area contributed by atoms with Gasteiger partial charge in [-0.3, -0.25) is 4.31 Å². The molecule has 5 heterocycles. The van der Waals surface area contributed by atoms with Crippen LogP contribution in [0.1, 0.15) is 88.0 Å². The van der Waals surface area contributed by atoms with Crippen molar-refractivity contribution < 1.29 is 30.8 Å². The molecule has 0 saturated carbocycles. The molecule has 0 atom stereocenters. The van der Waals surface area contributed by atoms with Gasteiger partial charge in [-0.05, 0) is 129 Å². The van der Waals surface area contributed by atoms with Crippen LogP contribution in [0.5, 0.6) is 0 Å². The predicted octanol–water partition coefficient (Wildman–Crippen LogP) is 9.24. The summed E-state index contributed by atoms with van der Waals surface area (Å²) in [4.78, 5) is 20.8. The van der Waals surface area contributed by atoms with E-state index in [9.17, 15) is 21.6 Å². The number of anilines is 1. The minimum absolute atomic E-state index is 0.218. The standard InChI is InChI=1S/C25H30N2O4S.C23H25N3O3S/c1-17(2)18-6-9-22(10-7-18)32(29,30)27-13-12-20-14-19(8-11-23(20)27)21-15-26(16-21)24(28)31-25(3,4)5;1-2-10-25-14-20(15-25)18-5-8-22-19(12-18)9-11-26(22)30(27,28)21-6-3-17(4-7-21)23-13-24-16-29-23/h6-14,17,21H,15-16H2,1-5H3;3-8,12-13,16,20H,2,9-11,14-15H2,1H3. The highest BCUT2D eigenvalue weighted by Crippen LogP contribution is 2.38. The van der Waals surface area contributed by atoms with Crippen molar-refractivity contribution in [2.24, 2.45) is 0 Å². The van der Waals surface area contributed by atoms with Crippen LogP contribution in [0.2, 0.25) is 0 Å². The number of hydrogen-bond donors (Lipinski definition) is 0. The Labute approximate surface area is 365 Å². The normalized spacial score (nSPS) is 16.2. The summed E-state index contributed by atoms with van der Waals surface area (Å²) in [5.41, 5.74) is 6.40. The van der Waals surface area contributed by atoms with Gasteiger partial charge in [0.2, 0.25) is 0 Å². The maximum Gasteiger partial charge on any atom is 0.410 e. The number of ether oxygens (including phenoxy) is 1. The molecule has 12 nitrogen and oxygen atoms in total. The summed E-state index contributed by atoms with van der Waals surface area (Å²) in [7, 11) is -7.28. The Morgan fingerprint density at radius 1 is 0.823 bits per heavy atom. The summed E-state index contributed by atoms with van der Waals surface area (Å²) in [6.07, 6.45) is 6.22. The molecule has 0 spiro atoms. The molecule has 0 unspecified atom stereocenters. The molecule has 14 heteroatoms. The lowest BCUT2D eigenvalue weighted by atomic mass is 9.90. The van der Waals surface area contributed by atoms with E-state index in [0.29, 0.717) is 42.7 Å². The number of likely N-dealkylation sites (tertiary alicyclic amines) is 2. The van der Waals surface area contributed by atoms with Crippen molar-refractivity contribution in [3.05, 3.63) is 132 Å². The van der Waals surface area contributed by atoms with Gasteiger partial charge in [-0.2, -0.15) is 0 Å². The molecule has 326 valence electrons. The molecule has 0 aliphatic carbocycles. The monoisotopic (exact) mass is 877 g/mol. The minimum atomic E-state index is -3.68.